The quantitative estimate of drug-likeness (QED) is 0.815. The lowest BCUT2D eigenvalue weighted by Gasteiger charge is -2.19. The zero-order valence-corrected chi connectivity index (χ0v) is 14.3. The topological polar surface area (TPSA) is 111 Å². The van der Waals surface area contributed by atoms with Gasteiger partial charge in [0.25, 0.3) is 5.91 Å². The first-order chi connectivity index (χ1) is 11.9. The van der Waals surface area contributed by atoms with E-state index in [9.17, 15) is 13.2 Å². The zero-order chi connectivity index (χ0) is 17.9. The summed E-state index contributed by atoms with van der Waals surface area (Å²) in [5.41, 5.74) is 1.52. The van der Waals surface area contributed by atoms with Gasteiger partial charge in [0, 0.05) is 23.9 Å². The molecule has 3 rings (SSSR count). The molecule has 2 atom stereocenters. The van der Waals surface area contributed by atoms with Gasteiger partial charge in [-0.2, -0.15) is 0 Å². The number of carbonyl (C=O) groups is 1. The molecule has 0 aliphatic carbocycles. The van der Waals surface area contributed by atoms with E-state index >= 15 is 0 Å². The third-order valence-corrected chi connectivity index (χ3v) is 5.14. The molecule has 1 amide bonds. The second-order valence-electron chi connectivity index (χ2n) is 6.01. The summed E-state index contributed by atoms with van der Waals surface area (Å²) in [6.07, 6.45) is 4.27. The Kier molecular flexibility index (Phi) is 5.12. The molecule has 0 spiro atoms. The van der Waals surface area contributed by atoms with Crippen LogP contribution in [0.4, 0.5) is 0 Å². The van der Waals surface area contributed by atoms with Gasteiger partial charge in [0.1, 0.15) is 0 Å². The number of primary sulfonamides is 1. The third kappa shape index (κ3) is 4.41. The summed E-state index contributed by atoms with van der Waals surface area (Å²) in [7, 11) is -3.77. The molecule has 1 saturated heterocycles. The summed E-state index contributed by atoms with van der Waals surface area (Å²) in [6, 6.07) is 9.34. The van der Waals surface area contributed by atoms with Gasteiger partial charge in [-0.05, 0) is 48.4 Å². The van der Waals surface area contributed by atoms with E-state index in [1.807, 2.05) is 12.1 Å². The Labute approximate surface area is 146 Å². The van der Waals surface area contributed by atoms with Gasteiger partial charge in [-0.1, -0.05) is 0 Å². The Bertz CT molecular complexity index is 838. The van der Waals surface area contributed by atoms with Crippen LogP contribution in [0.2, 0.25) is 0 Å². The summed E-state index contributed by atoms with van der Waals surface area (Å²) < 4.78 is 28.0. The first-order valence-corrected chi connectivity index (χ1v) is 9.38. The number of nitrogens with zero attached hydrogens (tertiary/aromatic N) is 1. The van der Waals surface area contributed by atoms with E-state index in [0.717, 1.165) is 12.0 Å². The van der Waals surface area contributed by atoms with Crippen molar-refractivity contribution in [2.75, 3.05) is 13.2 Å². The van der Waals surface area contributed by atoms with Gasteiger partial charge in [-0.25, -0.2) is 13.6 Å². The number of nitrogens with one attached hydrogen (secondary N) is 1. The average Bonchev–Trinajstić information content (AvgIpc) is 3.02. The van der Waals surface area contributed by atoms with Crippen LogP contribution in [0.25, 0.3) is 0 Å². The highest BCUT2D eigenvalue weighted by molar-refractivity contribution is 7.89. The van der Waals surface area contributed by atoms with E-state index in [4.69, 9.17) is 9.88 Å². The molecule has 2 aromatic rings. The fourth-order valence-electron chi connectivity index (χ4n) is 2.83. The van der Waals surface area contributed by atoms with Crippen molar-refractivity contribution in [3.63, 3.8) is 0 Å². The smallest absolute Gasteiger partial charge is 0.251 e. The number of benzene rings is 1. The number of pyridine rings is 1. The Morgan fingerprint density at radius 2 is 1.84 bits per heavy atom. The van der Waals surface area contributed by atoms with Gasteiger partial charge in [0.05, 0.1) is 24.2 Å². The third-order valence-electron chi connectivity index (χ3n) is 4.21. The highest BCUT2D eigenvalue weighted by Gasteiger charge is 2.30. The lowest BCUT2D eigenvalue weighted by Crippen LogP contribution is -2.40. The van der Waals surface area contributed by atoms with Crippen molar-refractivity contribution in [1.29, 1.82) is 0 Å². The average molecular weight is 361 g/mol. The van der Waals surface area contributed by atoms with Gasteiger partial charge < -0.3 is 10.1 Å². The fourth-order valence-corrected chi connectivity index (χ4v) is 3.34. The summed E-state index contributed by atoms with van der Waals surface area (Å²) in [6.45, 7) is 1.04. The highest BCUT2D eigenvalue weighted by Crippen LogP contribution is 2.19. The number of ether oxygens (including phenoxy) is 1. The molecule has 1 fully saturated rings. The molecule has 3 N–H and O–H groups in total. The number of amides is 1. The van der Waals surface area contributed by atoms with E-state index in [0.29, 0.717) is 18.8 Å². The molecule has 2 heterocycles. The number of nitrogens with two attached hydrogens (primary N) is 1. The molecule has 1 aliphatic heterocycles. The lowest BCUT2D eigenvalue weighted by atomic mass is 9.95. The number of carbonyl (C=O) groups excluding carboxylic acids is 1. The van der Waals surface area contributed by atoms with Crippen molar-refractivity contribution < 1.29 is 17.9 Å². The minimum absolute atomic E-state index is 0.0242. The number of aromatic nitrogens is 1. The predicted molar refractivity (Wildman–Crippen MR) is 91.3 cm³/mol. The minimum atomic E-state index is -3.77. The molecule has 0 saturated carbocycles. The van der Waals surface area contributed by atoms with E-state index in [1.54, 1.807) is 12.4 Å². The van der Waals surface area contributed by atoms with Crippen molar-refractivity contribution in [3.8, 4) is 0 Å². The Morgan fingerprint density at radius 3 is 2.48 bits per heavy atom. The van der Waals surface area contributed by atoms with Gasteiger partial charge in [0.15, 0.2) is 0 Å². The fraction of sp³-hybridized carbons (Fsp3) is 0.294. The molecule has 0 radical (unpaired) electrons. The molecule has 132 valence electrons. The number of hydrogen-bond acceptors (Lipinski definition) is 5. The van der Waals surface area contributed by atoms with E-state index < -0.39 is 10.0 Å². The molecule has 1 aliphatic rings. The maximum atomic E-state index is 12.4. The lowest BCUT2D eigenvalue weighted by molar-refractivity contribution is 0.0925. The zero-order valence-electron chi connectivity index (χ0n) is 13.5. The SMILES string of the molecule is NS(=O)(=O)c1ccc(C(=O)N[C@H]2COC[C@H]2Cc2ccncc2)cc1. The summed E-state index contributed by atoms with van der Waals surface area (Å²) in [5, 5.41) is 8.02. The van der Waals surface area contributed by atoms with Gasteiger partial charge >= 0.3 is 0 Å². The van der Waals surface area contributed by atoms with Crippen LogP contribution in [0.5, 0.6) is 0 Å². The first kappa shape index (κ1) is 17.5. The van der Waals surface area contributed by atoms with Crippen LogP contribution in [0.1, 0.15) is 15.9 Å². The molecule has 1 aromatic carbocycles. The van der Waals surface area contributed by atoms with Gasteiger partial charge in [0.2, 0.25) is 10.0 Å². The minimum Gasteiger partial charge on any atom is -0.379 e. The van der Waals surface area contributed by atoms with Crippen LogP contribution in [-0.2, 0) is 21.2 Å². The molecular weight excluding hydrogens is 342 g/mol. The molecule has 7 nitrogen and oxygen atoms in total. The van der Waals surface area contributed by atoms with Crippen LogP contribution >= 0.6 is 0 Å². The largest absolute Gasteiger partial charge is 0.379 e. The van der Waals surface area contributed by atoms with Gasteiger partial charge in [-0.3, -0.25) is 9.78 Å². The normalized spacial score (nSPS) is 20.4. The number of sulfonamides is 1. The summed E-state index contributed by atoms with van der Waals surface area (Å²) in [5.74, 6) is -0.0914. The Hall–Kier alpha value is -2.29. The van der Waals surface area contributed by atoms with Crippen LogP contribution in [-0.4, -0.2) is 38.6 Å². The van der Waals surface area contributed by atoms with Crippen molar-refractivity contribution in [2.45, 2.75) is 17.4 Å². The van der Waals surface area contributed by atoms with E-state index in [-0.39, 0.29) is 22.8 Å². The van der Waals surface area contributed by atoms with Gasteiger partial charge in [-0.15, -0.1) is 0 Å². The second-order valence-corrected chi connectivity index (χ2v) is 7.57. The maximum Gasteiger partial charge on any atom is 0.251 e. The van der Waals surface area contributed by atoms with Crippen LogP contribution in [0.3, 0.4) is 0 Å². The second kappa shape index (κ2) is 7.30. The van der Waals surface area contributed by atoms with Crippen LogP contribution in [0.15, 0.2) is 53.7 Å². The summed E-state index contributed by atoms with van der Waals surface area (Å²) in [4.78, 5) is 16.4. The van der Waals surface area contributed by atoms with Crippen LogP contribution < -0.4 is 10.5 Å². The predicted octanol–water partition coefficient (Wildman–Crippen LogP) is 0.717. The maximum absolute atomic E-state index is 12.4. The summed E-state index contributed by atoms with van der Waals surface area (Å²) >= 11 is 0. The van der Waals surface area contributed by atoms with Crippen molar-refractivity contribution in [1.82, 2.24) is 10.3 Å². The molecule has 0 unspecified atom stereocenters. The van der Waals surface area contributed by atoms with E-state index in [1.165, 1.54) is 24.3 Å². The molecule has 8 heteroatoms. The Morgan fingerprint density at radius 1 is 1.16 bits per heavy atom. The molecular formula is C17H19N3O4S. The monoisotopic (exact) mass is 361 g/mol. The standard InChI is InChI=1S/C17H19N3O4S/c18-25(22,23)15-3-1-13(2-4-15)17(21)20-16-11-24-10-14(16)9-12-5-7-19-8-6-12/h1-8,14,16H,9-11H2,(H,20,21)(H2,18,22,23)/t14-,16+/m1/s1. The van der Waals surface area contributed by atoms with Crippen LogP contribution in [0, 0.1) is 5.92 Å². The van der Waals surface area contributed by atoms with Crippen molar-refractivity contribution >= 4 is 15.9 Å². The molecule has 0 bridgehead atoms. The highest BCUT2D eigenvalue weighted by atomic mass is 32.2. The first-order valence-electron chi connectivity index (χ1n) is 7.84. The van der Waals surface area contributed by atoms with E-state index in [2.05, 4.69) is 10.3 Å². The molecule has 25 heavy (non-hydrogen) atoms. The van der Waals surface area contributed by atoms with Crippen molar-refractivity contribution in [3.05, 3.63) is 59.9 Å². The Balaban J connectivity index is 1.65. The van der Waals surface area contributed by atoms with Crippen molar-refractivity contribution in [2.24, 2.45) is 11.1 Å². The number of hydrogen-bond donors (Lipinski definition) is 2. The number of rotatable bonds is 5. The molecule has 1 aromatic heterocycles.